The van der Waals surface area contributed by atoms with Crippen molar-refractivity contribution in [3.8, 4) is 11.5 Å². The van der Waals surface area contributed by atoms with Crippen LogP contribution in [0.3, 0.4) is 0 Å². The van der Waals surface area contributed by atoms with Gasteiger partial charge < -0.3 is 4.57 Å². The summed E-state index contributed by atoms with van der Waals surface area (Å²) in [7, 11) is 0. The van der Waals surface area contributed by atoms with E-state index in [1.54, 1.807) is 6.33 Å². The number of aromatic nitrogens is 4. The van der Waals surface area contributed by atoms with Gasteiger partial charge in [-0.25, -0.2) is 9.97 Å². The van der Waals surface area contributed by atoms with Crippen LogP contribution in [0, 0.1) is 0 Å². The molecule has 0 radical (unpaired) electrons. The van der Waals surface area contributed by atoms with Gasteiger partial charge in [0.2, 0.25) is 0 Å². The van der Waals surface area contributed by atoms with Crippen LogP contribution in [0.2, 0.25) is 0 Å². The standard InChI is InChI=1S/C40H24N4/c1-3-13-27-25(11-1)21-22-35-37(27)30-16-6-9-19-33(30)43(35)39-28-14-4-2-12-26(28)23-36-38(39)31-17-7-10-20-34(31)44(36)40-29-15-5-8-18-32(29)41-24-42-40/h1-24H. The van der Waals surface area contributed by atoms with Gasteiger partial charge in [-0.1, -0.05) is 103 Å². The molecule has 0 N–H and O–H groups in total. The van der Waals surface area contributed by atoms with Crippen LogP contribution in [-0.2, 0) is 0 Å². The minimum atomic E-state index is 0.885. The van der Waals surface area contributed by atoms with E-state index in [2.05, 4.69) is 148 Å². The SMILES string of the molecule is c1ccc2c(-n3c4ccccc4c4c5ccccc5ccc43)c3c4ccccc4n(-c4ncnc5ccccc45)c3cc2c1. The molecule has 44 heavy (non-hydrogen) atoms. The summed E-state index contributed by atoms with van der Waals surface area (Å²) < 4.78 is 4.82. The third kappa shape index (κ3) is 3.06. The molecule has 0 spiro atoms. The number of nitrogens with zero attached hydrogens (tertiary/aromatic N) is 4. The van der Waals surface area contributed by atoms with Gasteiger partial charge >= 0.3 is 0 Å². The van der Waals surface area contributed by atoms with Crippen LogP contribution in [0.4, 0.5) is 0 Å². The van der Waals surface area contributed by atoms with Gasteiger partial charge in [0.05, 0.1) is 33.3 Å². The Labute approximate surface area is 252 Å². The monoisotopic (exact) mass is 560 g/mol. The molecule has 10 rings (SSSR count). The predicted octanol–water partition coefficient (Wildman–Crippen LogP) is 10.1. The first kappa shape index (κ1) is 23.6. The van der Waals surface area contributed by atoms with Crippen molar-refractivity contribution >= 4 is 76.1 Å². The molecule has 3 aromatic heterocycles. The Morgan fingerprint density at radius 3 is 1.82 bits per heavy atom. The first-order valence-electron chi connectivity index (χ1n) is 14.9. The zero-order chi connectivity index (χ0) is 28.8. The van der Waals surface area contributed by atoms with Crippen molar-refractivity contribution in [2.75, 3.05) is 0 Å². The minimum absolute atomic E-state index is 0.885. The molecule has 7 aromatic carbocycles. The molecule has 0 amide bonds. The zero-order valence-corrected chi connectivity index (χ0v) is 23.6. The predicted molar refractivity (Wildman–Crippen MR) is 183 cm³/mol. The quantitative estimate of drug-likeness (QED) is 0.211. The molecule has 3 heterocycles. The van der Waals surface area contributed by atoms with E-state index in [0.29, 0.717) is 0 Å². The molecular weight excluding hydrogens is 536 g/mol. The highest BCUT2D eigenvalue weighted by molar-refractivity contribution is 6.25. The van der Waals surface area contributed by atoms with Crippen molar-refractivity contribution in [2.45, 2.75) is 0 Å². The maximum absolute atomic E-state index is 4.90. The summed E-state index contributed by atoms with van der Waals surface area (Å²) in [6, 6.07) is 50.2. The fraction of sp³-hybridized carbons (Fsp3) is 0. The van der Waals surface area contributed by atoms with Crippen LogP contribution in [0.25, 0.3) is 87.6 Å². The molecule has 0 saturated carbocycles. The average Bonchev–Trinajstić information content (AvgIpc) is 3.60. The molecule has 0 aliphatic carbocycles. The molecule has 10 aromatic rings. The molecule has 0 unspecified atom stereocenters. The van der Waals surface area contributed by atoms with E-state index in [1.807, 2.05) is 6.07 Å². The molecule has 0 atom stereocenters. The van der Waals surface area contributed by atoms with Crippen molar-refractivity contribution in [3.05, 3.63) is 146 Å². The van der Waals surface area contributed by atoms with Gasteiger partial charge in [0.25, 0.3) is 0 Å². The van der Waals surface area contributed by atoms with Crippen molar-refractivity contribution in [1.82, 2.24) is 19.1 Å². The topological polar surface area (TPSA) is 35.6 Å². The summed E-state index contributed by atoms with van der Waals surface area (Å²) in [5.41, 5.74) is 6.75. The van der Waals surface area contributed by atoms with Crippen molar-refractivity contribution in [3.63, 3.8) is 0 Å². The van der Waals surface area contributed by atoms with E-state index in [-0.39, 0.29) is 0 Å². The van der Waals surface area contributed by atoms with E-state index in [4.69, 9.17) is 4.98 Å². The number of rotatable bonds is 2. The van der Waals surface area contributed by atoms with Crippen LogP contribution < -0.4 is 0 Å². The summed E-state index contributed by atoms with van der Waals surface area (Å²) in [6.45, 7) is 0. The lowest BCUT2D eigenvalue weighted by molar-refractivity contribution is 1.07. The molecule has 4 nitrogen and oxygen atoms in total. The minimum Gasteiger partial charge on any atom is -0.308 e. The number of hydrogen-bond acceptors (Lipinski definition) is 2. The Kier molecular flexibility index (Phi) is 4.69. The molecule has 0 saturated heterocycles. The summed E-state index contributed by atoms with van der Waals surface area (Å²) in [6.07, 6.45) is 1.68. The van der Waals surface area contributed by atoms with Crippen molar-refractivity contribution in [2.24, 2.45) is 0 Å². The Morgan fingerprint density at radius 1 is 0.386 bits per heavy atom. The number of hydrogen-bond donors (Lipinski definition) is 0. The second-order valence-electron chi connectivity index (χ2n) is 11.4. The lowest BCUT2D eigenvalue weighted by Crippen LogP contribution is -2.01. The normalized spacial score (nSPS) is 12.1. The smallest absolute Gasteiger partial charge is 0.148 e. The van der Waals surface area contributed by atoms with Gasteiger partial charge in [-0.3, -0.25) is 4.57 Å². The summed E-state index contributed by atoms with van der Waals surface area (Å²) in [5.74, 6) is 0.885. The maximum Gasteiger partial charge on any atom is 0.148 e. The summed E-state index contributed by atoms with van der Waals surface area (Å²) >= 11 is 0. The highest BCUT2D eigenvalue weighted by atomic mass is 15.1. The van der Waals surface area contributed by atoms with Crippen molar-refractivity contribution < 1.29 is 0 Å². The van der Waals surface area contributed by atoms with Crippen LogP contribution in [-0.4, -0.2) is 19.1 Å². The van der Waals surface area contributed by atoms with E-state index < -0.39 is 0 Å². The molecule has 0 fully saturated rings. The fourth-order valence-corrected chi connectivity index (χ4v) is 7.38. The Hall–Kier alpha value is -6.00. The van der Waals surface area contributed by atoms with Crippen LogP contribution in [0.5, 0.6) is 0 Å². The first-order valence-corrected chi connectivity index (χ1v) is 14.9. The van der Waals surface area contributed by atoms with Gasteiger partial charge in [0, 0.05) is 32.3 Å². The second kappa shape index (κ2) is 8.76. The highest BCUT2D eigenvalue weighted by Crippen LogP contribution is 2.44. The Balaban J connectivity index is 1.48. The molecule has 204 valence electrons. The fourth-order valence-electron chi connectivity index (χ4n) is 7.38. The van der Waals surface area contributed by atoms with E-state index in [9.17, 15) is 0 Å². The van der Waals surface area contributed by atoms with Gasteiger partial charge in [-0.2, -0.15) is 0 Å². The number of benzene rings is 7. The number of fused-ring (bicyclic) bond motifs is 10. The average molecular weight is 561 g/mol. The summed E-state index contributed by atoms with van der Waals surface area (Å²) in [4.78, 5) is 9.49. The highest BCUT2D eigenvalue weighted by Gasteiger charge is 2.23. The van der Waals surface area contributed by atoms with Crippen LogP contribution in [0.15, 0.2) is 146 Å². The lowest BCUT2D eigenvalue weighted by atomic mass is 10.0. The first-order chi connectivity index (χ1) is 21.9. The third-order valence-corrected chi connectivity index (χ3v) is 9.18. The maximum atomic E-state index is 4.90. The molecular formula is C40H24N4. The van der Waals surface area contributed by atoms with Crippen molar-refractivity contribution in [1.29, 1.82) is 0 Å². The third-order valence-electron chi connectivity index (χ3n) is 9.18. The molecule has 0 aliphatic rings. The summed E-state index contributed by atoms with van der Waals surface area (Å²) in [5, 5.41) is 10.9. The molecule has 0 bridgehead atoms. The molecule has 4 heteroatoms. The van der Waals surface area contributed by atoms with Gasteiger partial charge in [0.15, 0.2) is 0 Å². The van der Waals surface area contributed by atoms with E-state index in [0.717, 1.165) is 27.8 Å². The Morgan fingerprint density at radius 2 is 1.00 bits per heavy atom. The largest absolute Gasteiger partial charge is 0.308 e. The van der Waals surface area contributed by atoms with Crippen LogP contribution in [0.1, 0.15) is 0 Å². The van der Waals surface area contributed by atoms with Gasteiger partial charge in [0.1, 0.15) is 12.1 Å². The van der Waals surface area contributed by atoms with E-state index >= 15 is 0 Å². The lowest BCUT2D eigenvalue weighted by Gasteiger charge is -2.15. The van der Waals surface area contributed by atoms with E-state index in [1.165, 1.54) is 59.8 Å². The Bertz CT molecular complexity index is 2780. The van der Waals surface area contributed by atoms with Gasteiger partial charge in [-0.15, -0.1) is 0 Å². The molecule has 0 aliphatic heterocycles. The van der Waals surface area contributed by atoms with Crippen LogP contribution >= 0.6 is 0 Å². The number of para-hydroxylation sites is 3. The zero-order valence-electron chi connectivity index (χ0n) is 23.6. The van der Waals surface area contributed by atoms with Gasteiger partial charge in [-0.05, 0) is 52.6 Å². The second-order valence-corrected chi connectivity index (χ2v) is 11.4.